The van der Waals surface area contributed by atoms with Crippen LogP contribution in [0.3, 0.4) is 0 Å². The highest BCUT2D eigenvalue weighted by Gasteiger charge is 2.31. The third-order valence-electron chi connectivity index (χ3n) is 3.19. The van der Waals surface area contributed by atoms with Crippen molar-refractivity contribution in [2.75, 3.05) is 19.8 Å². The van der Waals surface area contributed by atoms with Gasteiger partial charge in [-0.15, -0.1) is 0 Å². The lowest BCUT2D eigenvalue weighted by molar-refractivity contribution is -0.137. The van der Waals surface area contributed by atoms with Crippen LogP contribution in [0.1, 0.15) is 17.5 Å². The minimum atomic E-state index is -4.51. The summed E-state index contributed by atoms with van der Waals surface area (Å²) in [6.45, 7) is 1.50. The lowest BCUT2D eigenvalue weighted by atomic mass is 10.1. The van der Waals surface area contributed by atoms with Crippen LogP contribution in [0.15, 0.2) is 23.4 Å². The van der Waals surface area contributed by atoms with E-state index in [1.807, 2.05) is 0 Å². The average Bonchev–Trinajstić information content (AvgIpc) is 2.96. The molecular formula is C13H15F3N2O3. The molecule has 3 N–H and O–H groups in total. The molecule has 0 bridgehead atoms. The molecule has 0 radical (unpaired) electrons. The van der Waals surface area contributed by atoms with Crippen LogP contribution < -0.4 is 10.5 Å². The summed E-state index contributed by atoms with van der Waals surface area (Å²) in [5.41, 5.74) is 4.44. The monoisotopic (exact) mass is 304 g/mol. The van der Waals surface area contributed by atoms with E-state index < -0.39 is 17.6 Å². The van der Waals surface area contributed by atoms with Gasteiger partial charge in [0.15, 0.2) is 5.84 Å². The smallest absolute Gasteiger partial charge is 0.416 e. The van der Waals surface area contributed by atoms with Crippen LogP contribution in [0.2, 0.25) is 0 Å². The van der Waals surface area contributed by atoms with Crippen molar-refractivity contribution >= 4 is 5.84 Å². The topological polar surface area (TPSA) is 77.1 Å². The van der Waals surface area contributed by atoms with Gasteiger partial charge in [0.2, 0.25) is 0 Å². The van der Waals surface area contributed by atoms with Crippen LogP contribution >= 0.6 is 0 Å². The fourth-order valence-electron chi connectivity index (χ4n) is 2.01. The summed E-state index contributed by atoms with van der Waals surface area (Å²) >= 11 is 0. The number of hydrogen-bond donors (Lipinski definition) is 2. The molecule has 1 atom stereocenters. The lowest BCUT2D eigenvalue weighted by Gasteiger charge is -2.15. The van der Waals surface area contributed by atoms with Crippen molar-refractivity contribution in [1.82, 2.24) is 0 Å². The second-order valence-corrected chi connectivity index (χ2v) is 4.73. The number of halogens is 3. The molecule has 21 heavy (non-hydrogen) atoms. The molecule has 1 aromatic carbocycles. The van der Waals surface area contributed by atoms with Gasteiger partial charge in [-0.3, -0.25) is 0 Å². The molecule has 0 amide bonds. The molecule has 1 heterocycles. The minimum Gasteiger partial charge on any atom is -0.492 e. The first-order chi connectivity index (χ1) is 9.91. The van der Waals surface area contributed by atoms with Gasteiger partial charge in [0.1, 0.15) is 5.75 Å². The molecule has 0 aromatic heterocycles. The molecule has 116 valence electrons. The van der Waals surface area contributed by atoms with E-state index in [4.69, 9.17) is 20.4 Å². The Balaban J connectivity index is 2.22. The second-order valence-electron chi connectivity index (χ2n) is 4.73. The van der Waals surface area contributed by atoms with Crippen molar-refractivity contribution in [3.63, 3.8) is 0 Å². The predicted octanol–water partition coefficient (Wildman–Crippen LogP) is 2.22. The van der Waals surface area contributed by atoms with Gasteiger partial charge in [-0.2, -0.15) is 13.2 Å². The van der Waals surface area contributed by atoms with Gasteiger partial charge in [-0.25, -0.2) is 0 Å². The minimum absolute atomic E-state index is 0.0914. The molecule has 2 rings (SSSR count). The molecule has 1 unspecified atom stereocenters. The maximum atomic E-state index is 12.7. The van der Waals surface area contributed by atoms with E-state index in [9.17, 15) is 13.2 Å². The summed E-state index contributed by atoms with van der Waals surface area (Å²) in [7, 11) is 0. The van der Waals surface area contributed by atoms with E-state index in [0.717, 1.165) is 18.6 Å². The first-order valence-electron chi connectivity index (χ1n) is 6.31. The summed E-state index contributed by atoms with van der Waals surface area (Å²) in [4.78, 5) is 0. The number of oxime groups is 1. The lowest BCUT2D eigenvalue weighted by Crippen LogP contribution is -2.19. The Morgan fingerprint density at radius 3 is 2.81 bits per heavy atom. The van der Waals surface area contributed by atoms with E-state index in [1.54, 1.807) is 0 Å². The Morgan fingerprint density at radius 2 is 2.24 bits per heavy atom. The third kappa shape index (κ3) is 3.78. The van der Waals surface area contributed by atoms with Crippen LogP contribution in [0.4, 0.5) is 13.2 Å². The Bertz CT molecular complexity index is 526. The summed E-state index contributed by atoms with van der Waals surface area (Å²) in [6.07, 6.45) is -3.68. The van der Waals surface area contributed by atoms with Crippen LogP contribution in [-0.2, 0) is 10.9 Å². The van der Waals surface area contributed by atoms with Crippen molar-refractivity contribution in [3.8, 4) is 5.75 Å². The number of rotatable bonds is 4. The fraction of sp³-hybridized carbons (Fsp3) is 0.462. The molecule has 0 aliphatic carbocycles. The number of nitrogens with zero attached hydrogens (tertiary/aromatic N) is 1. The van der Waals surface area contributed by atoms with Crippen molar-refractivity contribution in [2.24, 2.45) is 16.8 Å². The average molecular weight is 304 g/mol. The van der Waals surface area contributed by atoms with Gasteiger partial charge >= 0.3 is 6.18 Å². The van der Waals surface area contributed by atoms with Crippen molar-refractivity contribution in [1.29, 1.82) is 0 Å². The molecule has 0 saturated carbocycles. The molecule has 5 nitrogen and oxygen atoms in total. The third-order valence-corrected chi connectivity index (χ3v) is 3.19. The first-order valence-corrected chi connectivity index (χ1v) is 6.31. The van der Waals surface area contributed by atoms with Crippen LogP contribution in [0.25, 0.3) is 0 Å². The fourth-order valence-corrected chi connectivity index (χ4v) is 2.01. The van der Waals surface area contributed by atoms with Gasteiger partial charge in [0.25, 0.3) is 0 Å². The van der Waals surface area contributed by atoms with Gasteiger partial charge in [0, 0.05) is 12.5 Å². The molecular weight excluding hydrogens is 289 g/mol. The standard InChI is InChI=1S/C13H15F3N2O3/c14-13(15,16)9-1-2-11(10(5-9)12(17)18-19)21-7-8-3-4-20-6-8/h1-2,5,8,19H,3-4,6-7H2,(H2,17,18). The van der Waals surface area contributed by atoms with Crippen LogP contribution in [0.5, 0.6) is 5.75 Å². The second kappa shape index (κ2) is 6.21. The Labute approximate surface area is 119 Å². The van der Waals surface area contributed by atoms with Crippen molar-refractivity contribution in [3.05, 3.63) is 29.3 Å². The number of hydrogen-bond acceptors (Lipinski definition) is 4. The SMILES string of the molecule is NC(=NO)c1cc(C(F)(F)F)ccc1OCC1CCOC1. The van der Waals surface area contributed by atoms with Crippen LogP contribution in [-0.4, -0.2) is 30.9 Å². The zero-order valence-corrected chi connectivity index (χ0v) is 11.1. The summed E-state index contributed by atoms with van der Waals surface area (Å²) < 4.78 is 48.8. The molecule has 1 saturated heterocycles. The normalized spacial score (nSPS) is 19.8. The molecule has 8 heteroatoms. The zero-order valence-electron chi connectivity index (χ0n) is 11.1. The van der Waals surface area contributed by atoms with Crippen molar-refractivity contribution in [2.45, 2.75) is 12.6 Å². The number of amidine groups is 1. The summed E-state index contributed by atoms with van der Waals surface area (Å²) in [6, 6.07) is 2.87. The van der Waals surface area contributed by atoms with E-state index in [1.165, 1.54) is 6.07 Å². The van der Waals surface area contributed by atoms with E-state index in [-0.39, 0.29) is 17.2 Å². The Kier molecular flexibility index (Phi) is 4.56. The maximum Gasteiger partial charge on any atom is 0.416 e. The molecule has 1 aliphatic rings. The number of nitrogens with two attached hydrogens (primary N) is 1. The molecule has 1 aliphatic heterocycles. The Morgan fingerprint density at radius 1 is 1.48 bits per heavy atom. The van der Waals surface area contributed by atoms with Gasteiger partial charge < -0.3 is 20.4 Å². The van der Waals surface area contributed by atoms with Gasteiger partial charge in [-0.05, 0) is 24.6 Å². The molecule has 1 aromatic rings. The molecule has 0 spiro atoms. The number of benzene rings is 1. The molecule has 1 fully saturated rings. The van der Waals surface area contributed by atoms with E-state index in [2.05, 4.69) is 5.16 Å². The largest absolute Gasteiger partial charge is 0.492 e. The Hall–Kier alpha value is -1.96. The number of ether oxygens (including phenoxy) is 2. The van der Waals surface area contributed by atoms with Crippen molar-refractivity contribution < 1.29 is 27.9 Å². The summed E-state index contributed by atoms with van der Waals surface area (Å²) in [5, 5.41) is 11.4. The first kappa shape index (κ1) is 15.4. The highest BCUT2D eigenvalue weighted by atomic mass is 19.4. The van der Waals surface area contributed by atoms with Crippen LogP contribution in [0, 0.1) is 5.92 Å². The van der Waals surface area contributed by atoms with Gasteiger partial charge in [-0.1, -0.05) is 5.16 Å². The van der Waals surface area contributed by atoms with Gasteiger partial charge in [0.05, 0.1) is 24.3 Å². The highest BCUT2D eigenvalue weighted by molar-refractivity contribution is 5.99. The number of alkyl halides is 3. The quantitative estimate of drug-likeness (QED) is 0.387. The van der Waals surface area contributed by atoms with E-state index in [0.29, 0.717) is 19.8 Å². The highest BCUT2D eigenvalue weighted by Crippen LogP contribution is 2.32. The maximum absolute atomic E-state index is 12.7. The predicted molar refractivity (Wildman–Crippen MR) is 68.4 cm³/mol. The summed E-state index contributed by atoms with van der Waals surface area (Å²) in [5.74, 6) is -0.101. The zero-order chi connectivity index (χ0) is 15.5. The van der Waals surface area contributed by atoms with E-state index >= 15 is 0 Å².